The van der Waals surface area contributed by atoms with Gasteiger partial charge in [0.05, 0.1) is 27.7 Å². The molecular formula is C71H123NO8P+. The first-order valence-corrected chi connectivity index (χ1v) is 34.3. The molecule has 0 aliphatic carbocycles. The van der Waals surface area contributed by atoms with Crippen molar-refractivity contribution in [2.75, 3.05) is 47.5 Å². The van der Waals surface area contributed by atoms with Crippen molar-refractivity contribution in [3.63, 3.8) is 0 Å². The highest BCUT2D eigenvalue weighted by molar-refractivity contribution is 7.47. The molecule has 0 saturated carbocycles. The summed E-state index contributed by atoms with van der Waals surface area (Å²) in [7, 11) is 1.46. The summed E-state index contributed by atoms with van der Waals surface area (Å²) < 4.78 is 34.6. The van der Waals surface area contributed by atoms with Crippen LogP contribution in [-0.4, -0.2) is 74.9 Å². The maximum absolute atomic E-state index is 12.8. The fraction of sp³-hybridized carbons (Fsp3) is 0.690. The molecule has 0 spiro atoms. The van der Waals surface area contributed by atoms with E-state index in [4.69, 9.17) is 18.5 Å². The maximum atomic E-state index is 12.8. The van der Waals surface area contributed by atoms with Crippen LogP contribution in [0.3, 0.4) is 0 Å². The molecule has 0 bridgehead atoms. The monoisotopic (exact) mass is 1150 g/mol. The van der Waals surface area contributed by atoms with Gasteiger partial charge in [0.1, 0.15) is 19.8 Å². The van der Waals surface area contributed by atoms with Crippen molar-refractivity contribution in [3.05, 3.63) is 122 Å². The Kier molecular flexibility index (Phi) is 58.3. The van der Waals surface area contributed by atoms with Gasteiger partial charge in [-0.15, -0.1) is 0 Å². The van der Waals surface area contributed by atoms with Gasteiger partial charge in [-0.3, -0.25) is 18.6 Å². The minimum Gasteiger partial charge on any atom is -0.462 e. The van der Waals surface area contributed by atoms with Gasteiger partial charge in [0.2, 0.25) is 0 Å². The molecule has 0 aromatic rings. The largest absolute Gasteiger partial charge is 0.472 e. The van der Waals surface area contributed by atoms with E-state index in [1.54, 1.807) is 0 Å². The number of ether oxygens (including phenoxy) is 2. The fourth-order valence-electron chi connectivity index (χ4n) is 8.75. The third-order valence-electron chi connectivity index (χ3n) is 13.8. The first-order valence-electron chi connectivity index (χ1n) is 32.8. The SMILES string of the molecule is CC/C=C\C/C=C\C/C=C\C/C=C\C/C=C\C/C=C\C/C=C\C/C=C\C/C=C\C/C=C\CCCCCCCCC(=O)OC(COC(=O)CCCCCCCCCCCCCCCCCCCCCC)COP(=O)(O)OCC[N+](C)(C)C. The Morgan fingerprint density at radius 2 is 0.704 bits per heavy atom. The Morgan fingerprint density at radius 3 is 1.05 bits per heavy atom. The first kappa shape index (κ1) is 77.4. The molecular weight excluding hydrogens is 1030 g/mol. The van der Waals surface area contributed by atoms with E-state index in [1.807, 2.05) is 21.1 Å². The van der Waals surface area contributed by atoms with Gasteiger partial charge in [-0.2, -0.15) is 0 Å². The second kappa shape index (κ2) is 61.0. The summed E-state index contributed by atoms with van der Waals surface area (Å²) in [5.41, 5.74) is 0. The number of likely N-dealkylation sites (N-methyl/N-ethyl adjacent to an activating group) is 1. The number of nitrogens with zero attached hydrogens (tertiary/aromatic N) is 1. The van der Waals surface area contributed by atoms with E-state index >= 15 is 0 Å². The highest BCUT2D eigenvalue weighted by Gasteiger charge is 2.27. The zero-order valence-corrected chi connectivity index (χ0v) is 53.6. The lowest BCUT2D eigenvalue weighted by atomic mass is 10.0. The zero-order chi connectivity index (χ0) is 59.1. The van der Waals surface area contributed by atoms with Crippen LogP contribution in [0.15, 0.2) is 122 Å². The summed E-state index contributed by atoms with van der Waals surface area (Å²) in [5.74, 6) is -0.813. The Bertz CT molecular complexity index is 1780. The minimum absolute atomic E-state index is 0.0241. The molecule has 10 heteroatoms. The molecule has 0 aliphatic heterocycles. The molecule has 9 nitrogen and oxygen atoms in total. The lowest BCUT2D eigenvalue weighted by molar-refractivity contribution is -0.870. The van der Waals surface area contributed by atoms with E-state index in [0.717, 1.165) is 122 Å². The van der Waals surface area contributed by atoms with Gasteiger partial charge < -0.3 is 18.9 Å². The summed E-state index contributed by atoms with van der Waals surface area (Å²) >= 11 is 0. The van der Waals surface area contributed by atoms with Crippen molar-refractivity contribution in [3.8, 4) is 0 Å². The van der Waals surface area contributed by atoms with Gasteiger partial charge in [0, 0.05) is 12.8 Å². The van der Waals surface area contributed by atoms with E-state index in [2.05, 4.69) is 135 Å². The normalized spacial score (nSPS) is 14.0. The number of carbonyl (C=O) groups excluding carboxylic acids is 2. The highest BCUT2D eigenvalue weighted by Crippen LogP contribution is 2.43. The van der Waals surface area contributed by atoms with Crippen LogP contribution in [0.5, 0.6) is 0 Å². The van der Waals surface area contributed by atoms with Gasteiger partial charge in [-0.05, 0) is 89.9 Å². The summed E-state index contributed by atoms with van der Waals surface area (Å²) in [5, 5.41) is 0. The van der Waals surface area contributed by atoms with Crippen LogP contribution in [0.25, 0.3) is 0 Å². The molecule has 2 atom stereocenters. The molecule has 0 aliphatic rings. The minimum atomic E-state index is -4.40. The third-order valence-corrected chi connectivity index (χ3v) is 14.7. The molecule has 0 radical (unpaired) electrons. The number of phosphoric ester groups is 1. The van der Waals surface area contributed by atoms with Gasteiger partial charge in [0.15, 0.2) is 6.10 Å². The third kappa shape index (κ3) is 65.4. The smallest absolute Gasteiger partial charge is 0.462 e. The number of carbonyl (C=O) groups is 2. The summed E-state index contributed by atoms with van der Waals surface area (Å²) in [6.07, 6.45) is 87.1. The van der Waals surface area contributed by atoms with E-state index in [0.29, 0.717) is 17.4 Å². The van der Waals surface area contributed by atoms with Gasteiger partial charge in [0.25, 0.3) is 0 Å². The topological polar surface area (TPSA) is 108 Å². The molecule has 2 unspecified atom stereocenters. The fourth-order valence-corrected chi connectivity index (χ4v) is 9.49. The van der Waals surface area contributed by atoms with Crippen LogP contribution in [0.4, 0.5) is 0 Å². The average molecular weight is 1150 g/mol. The average Bonchev–Trinajstić information content (AvgIpc) is 3.43. The van der Waals surface area contributed by atoms with Crippen LogP contribution in [0.1, 0.15) is 264 Å². The number of rotatable bonds is 59. The molecule has 0 heterocycles. The van der Waals surface area contributed by atoms with E-state index in [9.17, 15) is 19.0 Å². The standard InChI is InChI=1S/C71H122NO8P/c1-6-8-10-12-14-16-18-20-22-24-26-28-29-30-31-32-33-34-35-36-37-38-39-40-41-42-43-44-46-48-50-52-54-56-58-60-62-64-71(74)80-69(68-79-81(75,76)78-66-65-72(3,4)5)67-77-70(73)63-61-59-57-55-53-51-49-47-45-27-25-23-21-19-17-15-13-11-9-7-2/h8,10,14,16,20,22,26,28,30-31,33-34,36-37,39-40,42-43,46,48,69H,6-7,9,11-13,15,17-19,21,23-25,27,29,32,35,38,41,44-45,47,49-68H2,1-5H3/p+1/b10-8-,16-14-,22-20-,28-26-,31-30-,34-33-,37-36-,40-39-,43-42-,48-46-. The lowest BCUT2D eigenvalue weighted by Gasteiger charge is -2.24. The van der Waals surface area contributed by atoms with E-state index < -0.39 is 26.5 Å². The molecule has 0 aromatic heterocycles. The molecule has 0 aromatic carbocycles. The predicted molar refractivity (Wildman–Crippen MR) is 348 cm³/mol. The lowest BCUT2D eigenvalue weighted by Crippen LogP contribution is -2.37. The summed E-state index contributed by atoms with van der Waals surface area (Å²) in [4.78, 5) is 35.8. The van der Waals surface area contributed by atoms with Crippen molar-refractivity contribution in [2.45, 2.75) is 270 Å². The van der Waals surface area contributed by atoms with E-state index in [1.165, 1.54) is 109 Å². The molecule has 1 N–H and O–H groups in total. The number of phosphoric acid groups is 1. The first-order chi connectivity index (χ1) is 39.5. The summed E-state index contributed by atoms with van der Waals surface area (Å²) in [6.45, 7) is 4.32. The molecule has 0 rings (SSSR count). The molecule has 0 amide bonds. The Morgan fingerprint density at radius 1 is 0.395 bits per heavy atom. The predicted octanol–water partition coefficient (Wildman–Crippen LogP) is 21.1. The Labute approximate surface area is 498 Å². The van der Waals surface area contributed by atoms with Crippen LogP contribution in [-0.2, 0) is 32.7 Å². The second-order valence-electron chi connectivity index (χ2n) is 22.8. The Balaban J connectivity index is 4.16. The number of unbranched alkanes of at least 4 members (excludes halogenated alkanes) is 25. The maximum Gasteiger partial charge on any atom is 0.472 e. The van der Waals surface area contributed by atoms with Crippen molar-refractivity contribution in [2.24, 2.45) is 0 Å². The van der Waals surface area contributed by atoms with Gasteiger partial charge in [-0.25, -0.2) is 4.57 Å². The second-order valence-corrected chi connectivity index (χ2v) is 24.2. The highest BCUT2D eigenvalue weighted by atomic mass is 31.2. The van der Waals surface area contributed by atoms with Crippen molar-refractivity contribution in [1.82, 2.24) is 0 Å². The van der Waals surface area contributed by atoms with Crippen molar-refractivity contribution >= 4 is 19.8 Å². The van der Waals surface area contributed by atoms with Crippen LogP contribution >= 0.6 is 7.82 Å². The number of quaternary nitrogens is 1. The van der Waals surface area contributed by atoms with Crippen LogP contribution in [0, 0.1) is 0 Å². The Hall–Kier alpha value is -3.59. The molecule has 81 heavy (non-hydrogen) atoms. The van der Waals surface area contributed by atoms with Gasteiger partial charge in [-0.1, -0.05) is 283 Å². The van der Waals surface area contributed by atoms with Crippen LogP contribution < -0.4 is 0 Å². The zero-order valence-electron chi connectivity index (χ0n) is 52.7. The molecule has 0 saturated heterocycles. The van der Waals surface area contributed by atoms with Crippen molar-refractivity contribution < 1.29 is 42.1 Å². The number of allylic oxidation sites excluding steroid dienone is 20. The van der Waals surface area contributed by atoms with Gasteiger partial charge >= 0.3 is 19.8 Å². The number of hydrogen-bond donors (Lipinski definition) is 1. The molecule has 464 valence electrons. The van der Waals surface area contributed by atoms with Crippen molar-refractivity contribution in [1.29, 1.82) is 0 Å². The number of hydrogen-bond acceptors (Lipinski definition) is 7. The number of esters is 2. The van der Waals surface area contributed by atoms with E-state index in [-0.39, 0.29) is 32.0 Å². The van der Waals surface area contributed by atoms with Crippen LogP contribution in [0.2, 0.25) is 0 Å². The quantitative estimate of drug-likeness (QED) is 0.0211. The molecule has 0 fully saturated rings. The summed E-state index contributed by atoms with van der Waals surface area (Å²) in [6, 6.07) is 0.